The van der Waals surface area contributed by atoms with Crippen LogP contribution in [0.5, 0.6) is 0 Å². The Morgan fingerprint density at radius 3 is 2.50 bits per heavy atom. The molecule has 8 heteroatoms. The number of rotatable bonds is 7. The molecule has 3 N–H and O–H groups in total. The van der Waals surface area contributed by atoms with Crippen molar-refractivity contribution < 1.29 is 5.11 Å². The molecule has 8 nitrogen and oxygen atoms in total. The zero-order valence-electron chi connectivity index (χ0n) is 17.6. The van der Waals surface area contributed by atoms with E-state index in [9.17, 15) is 5.11 Å². The van der Waals surface area contributed by atoms with Crippen molar-refractivity contribution in [1.29, 1.82) is 0 Å². The Morgan fingerprint density at radius 1 is 0.938 bits per heavy atom. The zero-order chi connectivity index (χ0) is 21.9. The van der Waals surface area contributed by atoms with Crippen LogP contribution in [-0.2, 0) is 13.6 Å². The summed E-state index contributed by atoms with van der Waals surface area (Å²) in [6, 6.07) is 19.8. The summed E-state index contributed by atoms with van der Waals surface area (Å²) in [4.78, 5) is 4.51. The number of anilines is 1. The van der Waals surface area contributed by atoms with Crippen LogP contribution in [0.2, 0.25) is 0 Å². The van der Waals surface area contributed by atoms with Crippen molar-refractivity contribution in [3.05, 3.63) is 91.1 Å². The highest BCUT2D eigenvalue weighted by Gasteiger charge is 2.11. The van der Waals surface area contributed by atoms with Crippen molar-refractivity contribution in [3.63, 3.8) is 0 Å². The number of nitrogens with one attached hydrogen (secondary N) is 2. The number of nitrogens with zero attached hydrogens (tertiary/aromatic N) is 5. The van der Waals surface area contributed by atoms with Gasteiger partial charge in [-0.2, -0.15) is 10.2 Å². The van der Waals surface area contributed by atoms with E-state index in [1.165, 1.54) is 0 Å². The number of aromatic nitrogens is 5. The van der Waals surface area contributed by atoms with Crippen molar-refractivity contribution >= 4 is 11.2 Å². The minimum Gasteiger partial charge on any atom is -0.361 e. The molecule has 2 aromatic carbocycles. The summed E-state index contributed by atoms with van der Waals surface area (Å²) in [5, 5.41) is 24.9. The van der Waals surface area contributed by atoms with Gasteiger partial charge in [0.2, 0.25) is 0 Å². The molecule has 0 bridgehead atoms. The smallest absolute Gasteiger partial charge is 0.181 e. The van der Waals surface area contributed by atoms with E-state index in [0.717, 1.165) is 39.2 Å². The van der Waals surface area contributed by atoms with Crippen molar-refractivity contribution in [2.75, 3.05) is 5.32 Å². The molecule has 0 radical (unpaired) electrons. The van der Waals surface area contributed by atoms with Gasteiger partial charge in [-0.25, -0.2) is 9.50 Å². The second-order valence-corrected chi connectivity index (χ2v) is 7.56. The first-order valence-electron chi connectivity index (χ1n) is 10.3. The highest BCUT2D eigenvalue weighted by atomic mass is 16.3. The Balaban J connectivity index is 1.32. The van der Waals surface area contributed by atoms with Gasteiger partial charge in [-0.1, -0.05) is 42.5 Å². The van der Waals surface area contributed by atoms with E-state index in [2.05, 4.69) is 31.9 Å². The van der Waals surface area contributed by atoms with Crippen LogP contribution in [0, 0.1) is 0 Å². The standard InChI is InChI=1S/C24H23N7O/c1-30-14-20(13-27-30)19-11-22-23(26-16-28-31(22)15-19)18-7-9-21(10-8-18)29-24(32)25-12-17-5-3-2-4-6-17/h2-11,13-16,24-25,29,32H,12H2,1H3. The number of hydrogen-bond donors (Lipinski definition) is 3. The van der Waals surface area contributed by atoms with Crippen molar-refractivity contribution in [1.82, 2.24) is 29.7 Å². The van der Waals surface area contributed by atoms with E-state index >= 15 is 0 Å². The van der Waals surface area contributed by atoms with Gasteiger partial charge in [0.15, 0.2) is 6.35 Å². The minimum atomic E-state index is -0.862. The Hall–Kier alpha value is -4.01. The van der Waals surface area contributed by atoms with Crippen molar-refractivity contribution in [2.45, 2.75) is 12.9 Å². The van der Waals surface area contributed by atoms with Gasteiger partial charge in [-0.3, -0.25) is 10.00 Å². The van der Waals surface area contributed by atoms with E-state index in [4.69, 9.17) is 0 Å². The highest BCUT2D eigenvalue weighted by molar-refractivity contribution is 5.81. The molecule has 0 amide bonds. The van der Waals surface area contributed by atoms with Gasteiger partial charge >= 0.3 is 0 Å². The molecule has 0 aliphatic rings. The molecule has 3 aromatic heterocycles. The molecule has 5 aromatic rings. The Bertz CT molecular complexity index is 1330. The summed E-state index contributed by atoms with van der Waals surface area (Å²) >= 11 is 0. The second-order valence-electron chi connectivity index (χ2n) is 7.56. The first-order valence-corrected chi connectivity index (χ1v) is 10.3. The van der Waals surface area contributed by atoms with Crippen molar-refractivity contribution in [3.8, 4) is 22.4 Å². The fraction of sp³-hybridized carbons (Fsp3) is 0.125. The van der Waals surface area contributed by atoms with Crippen LogP contribution < -0.4 is 10.6 Å². The third-order valence-corrected chi connectivity index (χ3v) is 5.25. The Labute approximate surface area is 185 Å². The van der Waals surface area contributed by atoms with Gasteiger partial charge < -0.3 is 10.4 Å². The molecule has 3 heterocycles. The molecular formula is C24H23N7O. The van der Waals surface area contributed by atoms with Crippen LogP contribution in [0.4, 0.5) is 5.69 Å². The first-order chi connectivity index (χ1) is 15.7. The lowest BCUT2D eigenvalue weighted by atomic mass is 10.1. The number of aryl methyl sites for hydroxylation is 1. The van der Waals surface area contributed by atoms with Gasteiger partial charge in [0.1, 0.15) is 6.33 Å². The van der Waals surface area contributed by atoms with Gasteiger partial charge in [0.25, 0.3) is 0 Å². The summed E-state index contributed by atoms with van der Waals surface area (Å²) < 4.78 is 3.60. The fourth-order valence-corrected chi connectivity index (χ4v) is 3.62. The number of hydrogen-bond acceptors (Lipinski definition) is 6. The SMILES string of the molecule is Cn1cc(-c2cc3c(-c4ccc(NC(O)NCc5ccccc5)cc4)ncnn3c2)cn1. The average Bonchev–Trinajstić information content (AvgIpc) is 3.45. The lowest BCUT2D eigenvalue weighted by molar-refractivity contribution is 0.163. The molecule has 1 atom stereocenters. The van der Waals surface area contributed by atoms with Crippen LogP contribution in [-0.4, -0.2) is 35.8 Å². The molecule has 0 saturated carbocycles. The van der Waals surface area contributed by atoms with Gasteiger partial charge in [0, 0.05) is 48.4 Å². The Morgan fingerprint density at radius 2 is 1.75 bits per heavy atom. The van der Waals surface area contributed by atoms with Crippen LogP contribution in [0.1, 0.15) is 5.56 Å². The zero-order valence-corrected chi connectivity index (χ0v) is 17.6. The maximum atomic E-state index is 10.3. The molecule has 0 aliphatic carbocycles. The summed E-state index contributed by atoms with van der Waals surface area (Å²) in [6.45, 7) is 0.569. The third kappa shape index (κ3) is 4.22. The normalized spacial score (nSPS) is 12.2. The van der Waals surface area contributed by atoms with Crippen molar-refractivity contribution in [2.24, 2.45) is 7.05 Å². The third-order valence-electron chi connectivity index (χ3n) is 5.25. The summed E-state index contributed by atoms with van der Waals surface area (Å²) in [5.74, 6) is 0. The maximum absolute atomic E-state index is 10.3. The van der Waals surface area contributed by atoms with Crippen LogP contribution >= 0.6 is 0 Å². The van der Waals surface area contributed by atoms with Gasteiger partial charge in [-0.05, 0) is 23.8 Å². The highest BCUT2D eigenvalue weighted by Crippen LogP contribution is 2.28. The van der Waals surface area contributed by atoms with Crippen LogP contribution in [0.3, 0.4) is 0 Å². The molecule has 160 valence electrons. The molecule has 0 aliphatic heterocycles. The molecule has 5 rings (SSSR count). The summed E-state index contributed by atoms with van der Waals surface area (Å²) in [5.41, 5.74) is 6.69. The van der Waals surface area contributed by atoms with E-state index in [1.54, 1.807) is 11.0 Å². The minimum absolute atomic E-state index is 0.569. The van der Waals surface area contributed by atoms with Crippen LogP contribution in [0.15, 0.2) is 85.6 Å². The topological polar surface area (TPSA) is 92.3 Å². The predicted molar refractivity (Wildman–Crippen MR) is 124 cm³/mol. The lowest BCUT2D eigenvalue weighted by Crippen LogP contribution is -2.35. The molecular weight excluding hydrogens is 402 g/mol. The quantitative estimate of drug-likeness (QED) is 0.347. The average molecular weight is 425 g/mol. The monoisotopic (exact) mass is 425 g/mol. The Kier molecular flexibility index (Phi) is 5.37. The summed E-state index contributed by atoms with van der Waals surface area (Å²) in [6.07, 6.45) is 6.47. The largest absolute Gasteiger partial charge is 0.361 e. The second kappa shape index (κ2) is 8.62. The van der Waals surface area contributed by atoms with Gasteiger partial charge in [-0.15, -0.1) is 0 Å². The molecule has 0 saturated heterocycles. The fourth-order valence-electron chi connectivity index (χ4n) is 3.62. The summed E-state index contributed by atoms with van der Waals surface area (Å²) in [7, 11) is 1.90. The number of aliphatic hydroxyl groups is 1. The number of aliphatic hydroxyl groups excluding tert-OH is 1. The van der Waals surface area contributed by atoms with Crippen LogP contribution in [0.25, 0.3) is 27.9 Å². The molecule has 32 heavy (non-hydrogen) atoms. The lowest BCUT2D eigenvalue weighted by Gasteiger charge is -2.16. The maximum Gasteiger partial charge on any atom is 0.181 e. The van der Waals surface area contributed by atoms with E-state index in [-0.39, 0.29) is 0 Å². The number of benzene rings is 2. The first kappa shape index (κ1) is 19.9. The van der Waals surface area contributed by atoms with E-state index in [1.807, 2.05) is 84.8 Å². The molecule has 0 spiro atoms. The van der Waals surface area contributed by atoms with E-state index < -0.39 is 6.35 Å². The van der Waals surface area contributed by atoms with Gasteiger partial charge in [0.05, 0.1) is 17.4 Å². The molecule has 1 unspecified atom stereocenters. The predicted octanol–water partition coefficient (Wildman–Crippen LogP) is 3.27. The molecule has 0 fully saturated rings. The van der Waals surface area contributed by atoms with E-state index in [0.29, 0.717) is 6.54 Å². The number of fused-ring (bicyclic) bond motifs is 1.